The van der Waals surface area contributed by atoms with Crippen molar-refractivity contribution in [3.8, 4) is 0 Å². The van der Waals surface area contributed by atoms with E-state index in [1.165, 1.54) is 18.7 Å². The minimum Gasteiger partial charge on any atom is -0.458 e. The van der Waals surface area contributed by atoms with Gasteiger partial charge in [-0.25, -0.2) is 4.79 Å². The Hall–Kier alpha value is -1.64. The monoisotopic (exact) mass is 372 g/mol. The maximum Gasteiger partial charge on any atom is 0.508 e. The van der Waals surface area contributed by atoms with Crippen molar-refractivity contribution in [3.63, 3.8) is 0 Å². The van der Waals surface area contributed by atoms with Crippen molar-refractivity contribution in [1.82, 2.24) is 0 Å². The first-order valence-corrected chi connectivity index (χ1v) is 8.67. The Balaban J connectivity index is 2.24. The fourth-order valence-corrected chi connectivity index (χ4v) is 2.43. The number of benzene rings is 1. The summed E-state index contributed by atoms with van der Waals surface area (Å²) in [6.45, 7) is 2.70. The molecule has 0 saturated heterocycles. The molecule has 0 spiro atoms. The van der Waals surface area contributed by atoms with Crippen molar-refractivity contribution in [2.24, 2.45) is 0 Å². The maximum atomic E-state index is 11.8. The lowest BCUT2D eigenvalue weighted by atomic mass is 10.2. The minimum absolute atomic E-state index is 0.0735. The van der Waals surface area contributed by atoms with Gasteiger partial charge in [0.15, 0.2) is 0 Å². The van der Waals surface area contributed by atoms with Gasteiger partial charge in [-0.2, -0.15) is 0 Å². The lowest BCUT2D eigenvalue weighted by molar-refractivity contribution is -0.147. The van der Waals surface area contributed by atoms with Crippen LogP contribution in [0.15, 0.2) is 30.3 Å². The van der Waals surface area contributed by atoms with Gasteiger partial charge in [0, 0.05) is 0 Å². The fraction of sp³-hybridized carbons (Fsp3) is 0.438. The lowest BCUT2D eigenvalue weighted by Gasteiger charge is -2.15. The molecule has 8 heteroatoms. The number of aliphatic hydroxyl groups is 1. The smallest absolute Gasteiger partial charge is 0.458 e. The van der Waals surface area contributed by atoms with Crippen molar-refractivity contribution < 1.29 is 28.9 Å². The molecule has 0 fully saturated rings. The molecule has 6 nitrogen and oxygen atoms in total. The Morgan fingerprint density at radius 3 is 2.46 bits per heavy atom. The summed E-state index contributed by atoms with van der Waals surface area (Å²) in [7, 11) is 0. The Labute approximate surface area is 150 Å². The quantitative estimate of drug-likeness (QED) is 0.551. The molecular weight excluding hydrogens is 352 g/mol. The first-order valence-electron chi connectivity index (χ1n) is 7.28. The number of ether oxygens (including phenoxy) is 3. The van der Waals surface area contributed by atoms with Gasteiger partial charge in [0.1, 0.15) is 18.8 Å². The Kier molecular flexibility index (Phi) is 9.36. The average Bonchev–Trinajstić information content (AvgIpc) is 2.58. The molecule has 0 aliphatic heterocycles. The zero-order valence-electron chi connectivity index (χ0n) is 13.5. The third kappa shape index (κ3) is 8.28. The fourth-order valence-electron chi connectivity index (χ4n) is 1.50. The summed E-state index contributed by atoms with van der Waals surface area (Å²) < 4.78 is 15.2. The van der Waals surface area contributed by atoms with E-state index in [0.717, 1.165) is 5.56 Å². The molecule has 0 heterocycles. The van der Waals surface area contributed by atoms with Crippen LogP contribution in [0, 0.1) is 0 Å². The van der Waals surface area contributed by atoms with Crippen LogP contribution in [0.3, 0.4) is 0 Å². The molecule has 0 aliphatic rings. The molecule has 0 saturated carbocycles. The van der Waals surface area contributed by atoms with Crippen molar-refractivity contribution in [1.29, 1.82) is 0 Å². The van der Waals surface area contributed by atoms with Crippen LogP contribution in [0.5, 0.6) is 0 Å². The molecule has 0 bridgehead atoms. The van der Waals surface area contributed by atoms with E-state index >= 15 is 0 Å². The van der Waals surface area contributed by atoms with Gasteiger partial charge in [0.25, 0.3) is 0 Å². The summed E-state index contributed by atoms with van der Waals surface area (Å²) in [6.07, 6.45) is -2.18. The number of rotatable bonds is 8. The van der Waals surface area contributed by atoms with Crippen LogP contribution in [0.25, 0.3) is 0 Å². The van der Waals surface area contributed by atoms with Crippen LogP contribution in [-0.4, -0.2) is 52.6 Å². The van der Waals surface area contributed by atoms with Crippen LogP contribution in [-0.2, 0) is 19.0 Å². The number of thioether (sulfide) groups is 1. The maximum absolute atomic E-state index is 11.8. The third-order valence-electron chi connectivity index (χ3n) is 2.65. The number of aliphatic hydroxyl groups excluding tert-OH is 1. The second-order valence-corrected chi connectivity index (χ2v) is 6.57. The standard InChI is InChI=1S/C16H20O6S2/c1-11(8-17)22-16(19)20-9-12(2)21-14(18)10-24-15(23)13-6-4-3-5-7-13/h3-7,11-12,17H,8-10H2,1-2H3. The first-order chi connectivity index (χ1) is 11.4. The predicted molar refractivity (Wildman–Crippen MR) is 95.1 cm³/mol. The van der Waals surface area contributed by atoms with Crippen molar-refractivity contribution in [2.75, 3.05) is 19.0 Å². The molecule has 0 aliphatic carbocycles. The predicted octanol–water partition coefficient (Wildman–Crippen LogP) is 2.56. The van der Waals surface area contributed by atoms with E-state index < -0.39 is 24.3 Å². The highest BCUT2D eigenvalue weighted by molar-refractivity contribution is 8.24. The normalized spacial score (nSPS) is 12.8. The van der Waals surface area contributed by atoms with Crippen LogP contribution in [0.4, 0.5) is 4.79 Å². The highest BCUT2D eigenvalue weighted by atomic mass is 32.2. The molecule has 2 unspecified atom stereocenters. The summed E-state index contributed by atoms with van der Waals surface area (Å²) in [5, 5.41) is 8.75. The molecule has 2 atom stereocenters. The highest BCUT2D eigenvalue weighted by Crippen LogP contribution is 2.14. The van der Waals surface area contributed by atoms with Crippen molar-refractivity contribution in [2.45, 2.75) is 26.1 Å². The van der Waals surface area contributed by atoms with Gasteiger partial charge < -0.3 is 19.3 Å². The Morgan fingerprint density at radius 2 is 1.83 bits per heavy atom. The van der Waals surface area contributed by atoms with E-state index in [1.54, 1.807) is 6.92 Å². The number of esters is 1. The van der Waals surface area contributed by atoms with E-state index in [-0.39, 0.29) is 19.0 Å². The molecule has 0 aromatic heterocycles. The molecular formula is C16H20O6S2. The molecule has 132 valence electrons. The lowest BCUT2D eigenvalue weighted by Crippen LogP contribution is -2.26. The van der Waals surface area contributed by atoms with Crippen molar-refractivity contribution in [3.05, 3.63) is 35.9 Å². The summed E-state index contributed by atoms with van der Waals surface area (Å²) >= 11 is 6.45. The summed E-state index contributed by atoms with van der Waals surface area (Å²) in [5.74, 6) is -0.379. The highest BCUT2D eigenvalue weighted by Gasteiger charge is 2.15. The van der Waals surface area contributed by atoms with Gasteiger partial charge in [-0.1, -0.05) is 42.5 Å². The average molecular weight is 372 g/mol. The Bertz CT molecular complexity index is 549. The van der Waals surface area contributed by atoms with E-state index in [1.807, 2.05) is 30.3 Å². The van der Waals surface area contributed by atoms with E-state index in [2.05, 4.69) is 0 Å². The van der Waals surface area contributed by atoms with Crippen molar-refractivity contribution >= 4 is 40.3 Å². The van der Waals surface area contributed by atoms with E-state index in [0.29, 0.717) is 4.20 Å². The van der Waals surface area contributed by atoms with Gasteiger partial charge in [0.05, 0.1) is 16.6 Å². The number of hydrogen-bond donors (Lipinski definition) is 1. The zero-order chi connectivity index (χ0) is 17.9. The summed E-state index contributed by atoms with van der Waals surface area (Å²) in [4.78, 5) is 23.0. The van der Waals surface area contributed by atoms with Crippen LogP contribution < -0.4 is 0 Å². The summed E-state index contributed by atoms with van der Waals surface area (Å²) in [5.41, 5.74) is 0.877. The number of thiocarbonyl (C=S) groups is 1. The van der Waals surface area contributed by atoms with E-state index in [4.69, 9.17) is 31.5 Å². The van der Waals surface area contributed by atoms with Crippen LogP contribution >= 0.6 is 24.0 Å². The first kappa shape index (κ1) is 20.4. The zero-order valence-corrected chi connectivity index (χ0v) is 15.1. The minimum atomic E-state index is -0.918. The molecule has 1 N–H and O–H groups in total. The van der Waals surface area contributed by atoms with Gasteiger partial charge in [-0.05, 0) is 19.4 Å². The van der Waals surface area contributed by atoms with Crippen LogP contribution in [0.2, 0.25) is 0 Å². The molecule has 0 amide bonds. The number of hydrogen-bond acceptors (Lipinski definition) is 8. The third-order valence-corrected chi connectivity index (χ3v) is 4.12. The van der Waals surface area contributed by atoms with Crippen LogP contribution in [0.1, 0.15) is 19.4 Å². The largest absolute Gasteiger partial charge is 0.508 e. The topological polar surface area (TPSA) is 82.1 Å². The second-order valence-electron chi connectivity index (χ2n) is 4.91. The molecule has 24 heavy (non-hydrogen) atoms. The summed E-state index contributed by atoms with van der Waals surface area (Å²) in [6, 6.07) is 9.37. The molecule has 1 aromatic carbocycles. The van der Waals surface area contributed by atoms with Gasteiger partial charge in [-0.3, -0.25) is 4.79 Å². The van der Waals surface area contributed by atoms with Gasteiger partial charge in [0.2, 0.25) is 0 Å². The Morgan fingerprint density at radius 1 is 1.17 bits per heavy atom. The molecule has 1 aromatic rings. The van der Waals surface area contributed by atoms with E-state index in [9.17, 15) is 9.59 Å². The molecule has 1 rings (SSSR count). The van der Waals surface area contributed by atoms with Gasteiger partial charge >= 0.3 is 12.1 Å². The molecule has 0 radical (unpaired) electrons. The second kappa shape index (κ2) is 11.0. The SMILES string of the molecule is CC(COC(=O)OC(C)CO)OC(=O)CSC(=S)c1ccccc1. The number of carbonyl (C=O) groups is 2. The van der Waals surface area contributed by atoms with Gasteiger partial charge in [-0.15, -0.1) is 11.8 Å². The number of carbonyl (C=O) groups excluding carboxylic acids is 2.